The Balaban J connectivity index is 1.86. The summed E-state index contributed by atoms with van der Waals surface area (Å²) in [6, 6.07) is 15.3. The number of fused-ring (bicyclic) bond motifs is 2. The van der Waals surface area contributed by atoms with Crippen molar-refractivity contribution in [3.63, 3.8) is 0 Å². The van der Waals surface area contributed by atoms with Crippen LogP contribution in [0.4, 0.5) is 5.69 Å². The third-order valence-electron chi connectivity index (χ3n) is 5.01. The maximum Gasteiger partial charge on any atom is 0.261 e. The fourth-order valence-electron chi connectivity index (χ4n) is 3.71. The van der Waals surface area contributed by atoms with Gasteiger partial charge in [-0.1, -0.05) is 30.3 Å². The van der Waals surface area contributed by atoms with Gasteiger partial charge in [-0.05, 0) is 48.8 Å². The summed E-state index contributed by atoms with van der Waals surface area (Å²) in [7, 11) is 0. The van der Waals surface area contributed by atoms with Gasteiger partial charge >= 0.3 is 0 Å². The minimum atomic E-state index is 0.00575. The van der Waals surface area contributed by atoms with Crippen LogP contribution in [0.5, 0.6) is 0 Å². The van der Waals surface area contributed by atoms with Gasteiger partial charge in [0, 0.05) is 20.0 Å². The van der Waals surface area contributed by atoms with Gasteiger partial charge in [0.1, 0.15) is 5.82 Å². The van der Waals surface area contributed by atoms with Gasteiger partial charge in [0.05, 0.1) is 16.6 Å². The van der Waals surface area contributed by atoms with E-state index in [9.17, 15) is 9.59 Å². The molecule has 27 heavy (non-hydrogen) atoms. The molecule has 0 N–H and O–H groups in total. The van der Waals surface area contributed by atoms with Gasteiger partial charge in [0.2, 0.25) is 5.91 Å². The Morgan fingerprint density at radius 2 is 1.93 bits per heavy atom. The molecule has 0 fully saturated rings. The van der Waals surface area contributed by atoms with E-state index in [0.717, 1.165) is 29.1 Å². The second-order valence-corrected chi connectivity index (χ2v) is 6.65. The normalized spacial score (nSPS) is 14.5. The van der Waals surface area contributed by atoms with Crippen molar-refractivity contribution in [3.8, 4) is 0 Å². The zero-order valence-electron chi connectivity index (χ0n) is 15.5. The smallest absolute Gasteiger partial charge is 0.261 e. The lowest BCUT2D eigenvalue weighted by atomic mass is 10.1. The molecule has 0 aliphatic carbocycles. The lowest BCUT2D eigenvalue weighted by Crippen LogP contribution is -2.28. The highest BCUT2D eigenvalue weighted by molar-refractivity contribution is 5.96. The zero-order chi connectivity index (χ0) is 19.0. The molecule has 2 heterocycles. The number of amides is 1. The number of carbonyl (C=O) groups excluding carboxylic acids is 1. The number of hydrogen-bond donors (Lipinski definition) is 0. The van der Waals surface area contributed by atoms with Crippen LogP contribution in [0, 0.1) is 0 Å². The van der Waals surface area contributed by atoms with Crippen LogP contribution in [0.25, 0.3) is 22.6 Å². The van der Waals surface area contributed by atoms with E-state index in [1.165, 1.54) is 0 Å². The van der Waals surface area contributed by atoms with Crippen molar-refractivity contribution < 1.29 is 4.79 Å². The fraction of sp³-hybridized carbons (Fsp3) is 0.227. The summed E-state index contributed by atoms with van der Waals surface area (Å²) < 4.78 is 1.75. The summed E-state index contributed by atoms with van der Waals surface area (Å²) in [5, 5.41) is 0.650. The van der Waals surface area contributed by atoms with Gasteiger partial charge in [0.25, 0.3) is 5.56 Å². The molecule has 1 aliphatic rings. The number of benzene rings is 2. The lowest BCUT2D eigenvalue weighted by molar-refractivity contribution is -0.116. The summed E-state index contributed by atoms with van der Waals surface area (Å²) in [4.78, 5) is 31.3. The molecule has 2 aromatic carbocycles. The number of allylic oxidation sites excluding steroid dienone is 1. The van der Waals surface area contributed by atoms with Gasteiger partial charge in [-0.15, -0.1) is 0 Å². The topological polar surface area (TPSA) is 55.2 Å². The fourth-order valence-corrected chi connectivity index (χ4v) is 3.71. The van der Waals surface area contributed by atoms with E-state index in [2.05, 4.69) is 6.08 Å². The minimum Gasteiger partial charge on any atom is -0.312 e. The summed E-state index contributed by atoms with van der Waals surface area (Å²) in [6.07, 6.45) is 2.81. The van der Waals surface area contributed by atoms with Crippen LogP contribution in [-0.2, 0) is 11.3 Å². The first-order valence-corrected chi connectivity index (χ1v) is 9.18. The Morgan fingerprint density at radius 1 is 1.19 bits per heavy atom. The molecular weight excluding hydrogens is 338 g/mol. The van der Waals surface area contributed by atoms with Crippen LogP contribution in [0.1, 0.15) is 31.7 Å². The largest absolute Gasteiger partial charge is 0.312 e. The number of hydrogen-bond acceptors (Lipinski definition) is 3. The average Bonchev–Trinajstić information content (AvgIpc) is 3.07. The molecule has 0 saturated heterocycles. The highest BCUT2D eigenvalue weighted by Gasteiger charge is 2.21. The van der Waals surface area contributed by atoms with Crippen LogP contribution in [0.3, 0.4) is 0 Å². The molecule has 5 heteroatoms. The predicted molar refractivity (Wildman–Crippen MR) is 109 cm³/mol. The first kappa shape index (κ1) is 17.2. The van der Waals surface area contributed by atoms with Crippen molar-refractivity contribution in [3.05, 3.63) is 70.3 Å². The molecular formula is C22H21N3O2. The van der Waals surface area contributed by atoms with Crippen LogP contribution in [0.15, 0.2) is 53.3 Å². The Morgan fingerprint density at radius 3 is 2.70 bits per heavy atom. The van der Waals surface area contributed by atoms with E-state index in [-0.39, 0.29) is 11.5 Å². The van der Waals surface area contributed by atoms with E-state index in [1.54, 1.807) is 16.4 Å². The molecule has 5 nitrogen and oxygen atoms in total. The average molecular weight is 359 g/mol. The molecule has 1 aromatic heterocycles. The van der Waals surface area contributed by atoms with Crippen LogP contribution in [0.2, 0.25) is 0 Å². The van der Waals surface area contributed by atoms with E-state index >= 15 is 0 Å². The van der Waals surface area contributed by atoms with Crippen molar-refractivity contribution in [1.82, 2.24) is 9.55 Å². The maximum absolute atomic E-state index is 12.8. The van der Waals surface area contributed by atoms with Gasteiger partial charge in [-0.25, -0.2) is 4.98 Å². The molecule has 0 spiro atoms. The second-order valence-electron chi connectivity index (χ2n) is 6.65. The van der Waals surface area contributed by atoms with Crippen molar-refractivity contribution >= 4 is 34.1 Å². The van der Waals surface area contributed by atoms with E-state index < -0.39 is 0 Å². The summed E-state index contributed by atoms with van der Waals surface area (Å²) >= 11 is 0. The zero-order valence-corrected chi connectivity index (χ0v) is 15.5. The van der Waals surface area contributed by atoms with Crippen LogP contribution in [-0.4, -0.2) is 22.0 Å². The SMILES string of the molecule is CCN(C(C)=O)c1ccccc1/C=C1\CCn2c1nc1ccccc1c2=O. The van der Waals surface area contributed by atoms with Crippen molar-refractivity contribution in [2.45, 2.75) is 26.8 Å². The molecule has 0 unspecified atom stereocenters. The number of para-hydroxylation sites is 2. The van der Waals surface area contributed by atoms with Crippen LogP contribution < -0.4 is 10.5 Å². The summed E-state index contributed by atoms with van der Waals surface area (Å²) in [5.41, 5.74) is 3.58. The molecule has 0 bridgehead atoms. The first-order chi connectivity index (χ1) is 13.1. The lowest BCUT2D eigenvalue weighted by Gasteiger charge is -2.21. The Kier molecular flexibility index (Phi) is 4.36. The first-order valence-electron chi connectivity index (χ1n) is 9.18. The quantitative estimate of drug-likeness (QED) is 0.716. The number of carbonyl (C=O) groups is 1. The predicted octanol–water partition coefficient (Wildman–Crippen LogP) is 3.71. The molecule has 3 aromatic rings. The maximum atomic E-state index is 12.8. The van der Waals surface area contributed by atoms with Gasteiger partial charge in [-0.3, -0.25) is 14.2 Å². The van der Waals surface area contributed by atoms with Gasteiger partial charge in [-0.2, -0.15) is 0 Å². The van der Waals surface area contributed by atoms with Crippen molar-refractivity contribution in [2.75, 3.05) is 11.4 Å². The van der Waals surface area contributed by atoms with Gasteiger partial charge < -0.3 is 4.90 Å². The number of rotatable bonds is 3. The van der Waals surface area contributed by atoms with E-state index in [0.29, 0.717) is 24.0 Å². The molecule has 1 aliphatic heterocycles. The Hall–Kier alpha value is -3.21. The molecule has 136 valence electrons. The van der Waals surface area contributed by atoms with Crippen molar-refractivity contribution in [1.29, 1.82) is 0 Å². The molecule has 0 atom stereocenters. The minimum absolute atomic E-state index is 0.00575. The highest BCUT2D eigenvalue weighted by Crippen LogP contribution is 2.30. The highest BCUT2D eigenvalue weighted by atomic mass is 16.2. The number of anilines is 1. The third kappa shape index (κ3) is 2.95. The van der Waals surface area contributed by atoms with Crippen molar-refractivity contribution in [2.24, 2.45) is 0 Å². The standard InChI is InChI=1S/C22H21N3O2/c1-3-24(15(2)26)20-11-7-4-8-16(20)14-17-12-13-25-21(17)23-19-10-6-5-9-18(19)22(25)27/h4-11,14H,3,12-13H2,1-2H3/b17-14+. The van der Waals surface area contributed by atoms with Gasteiger partial charge in [0.15, 0.2) is 0 Å². The monoisotopic (exact) mass is 359 g/mol. The van der Waals surface area contributed by atoms with Crippen LogP contribution >= 0.6 is 0 Å². The Labute approximate surface area is 157 Å². The number of nitrogens with zero attached hydrogens (tertiary/aromatic N) is 3. The van der Waals surface area contributed by atoms with E-state index in [1.807, 2.05) is 55.5 Å². The third-order valence-corrected chi connectivity index (χ3v) is 5.01. The molecule has 4 rings (SSSR count). The number of aromatic nitrogens is 2. The second kappa shape index (κ2) is 6.83. The molecule has 1 amide bonds. The van der Waals surface area contributed by atoms with E-state index in [4.69, 9.17) is 4.98 Å². The molecule has 0 saturated carbocycles. The summed E-state index contributed by atoms with van der Waals surface area (Å²) in [6.45, 7) is 4.77. The summed E-state index contributed by atoms with van der Waals surface area (Å²) in [5.74, 6) is 0.731. The molecule has 0 radical (unpaired) electrons. The Bertz CT molecular complexity index is 1130.